The van der Waals surface area contributed by atoms with Gasteiger partial charge in [-0.25, -0.2) is 9.59 Å². The van der Waals surface area contributed by atoms with Gasteiger partial charge in [-0.3, -0.25) is 14.6 Å². The third-order valence-electron chi connectivity index (χ3n) is 7.87. The first-order chi connectivity index (χ1) is 22.1. The average Bonchev–Trinajstić information content (AvgIpc) is 2.94. The Balaban J connectivity index is 0.000000269. The summed E-state index contributed by atoms with van der Waals surface area (Å²) in [5, 5.41) is 4.68. The van der Waals surface area contributed by atoms with E-state index in [1.807, 2.05) is 117 Å². The minimum absolute atomic E-state index is 0.0604. The van der Waals surface area contributed by atoms with Gasteiger partial charge in [-0.2, -0.15) is 0 Å². The molecule has 9 nitrogen and oxygen atoms in total. The normalized spacial score (nSPS) is 22.0. The largest absolute Gasteiger partial charge is 0.444 e. The lowest BCUT2D eigenvalue weighted by atomic mass is 9.91. The van der Waals surface area contributed by atoms with E-state index >= 15 is 0 Å². The number of amides is 3. The van der Waals surface area contributed by atoms with Crippen LogP contribution < -0.4 is 5.32 Å². The van der Waals surface area contributed by atoms with E-state index in [1.165, 1.54) is 0 Å². The minimum atomic E-state index is -0.586. The van der Waals surface area contributed by atoms with Crippen LogP contribution in [-0.4, -0.2) is 82.3 Å². The van der Waals surface area contributed by atoms with E-state index < -0.39 is 16.6 Å². The monoisotopic (exact) mass is 704 g/mol. The number of rotatable bonds is 2. The van der Waals surface area contributed by atoms with E-state index in [1.54, 1.807) is 15.9 Å². The number of hydrogen-bond donors (Lipinski definition) is 1. The molecule has 0 saturated carbocycles. The van der Waals surface area contributed by atoms with Crippen LogP contribution in [0.5, 0.6) is 0 Å². The molecule has 2 aromatic rings. The van der Waals surface area contributed by atoms with Crippen molar-refractivity contribution in [2.45, 2.75) is 112 Å². The van der Waals surface area contributed by atoms with Gasteiger partial charge in [0, 0.05) is 53.7 Å². The number of ether oxygens (including phenoxy) is 2. The maximum Gasteiger partial charge on any atom is 0.410 e. The van der Waals surface area contributed by atoms with E-state index in [4.69, 9.17) is 32.7 Å². The standard InChI is InChI=1S/C21H31ClN2O3.C16H23ClN2O2/c1-14-12-24(19(26)27-21(5,6)7)17(15-9-8-10-16(22)11-15)13-23(14)18(25)20(2,3)4;1-11-10-19(15(20)21-16(2,3)4)14(9-18-11)12-6-5-7-13(17)8-12/h8-11,14,17H,12-13H2,1-7H3;5-8,11,14,18H,9-10H2,1-4H3/t14-,17-;11-,14-/m11/s1. The number of nitrogens with one attached hydrogen (secondary N) is 1. The first-order valence-electron chi connectivity index (χ1n) is 16.6. The summed E-state index contributed by atoms with van der Waals surface area (Å²) in [5.41, 5.74) is 0.350. The molecule has 11 heteroatoms. The number of hydrogen-bond acceptors (Lipinski definition) is 6. The van der Waals surface area contributed by atoms with E-state index in [0.717, 1.165) is 11.1 Å². The van der Waals surface area contributed by atoms with Crippen LogP contribution >= 0.6 is 23.2 Å². The number of nitrogens with zero attached hydrogens (tertiary/aromatic N) is 3. The number of halogens is 2. The summed E-state index contributed by atoms with van der Waals surface area (Å²) in [6.07, 6.45) is -0.650. The molecule has 0 unspecified atom stereocenters. The predicted molar refractivity (Wildman–Crippen MR) is 192 cm³/mol. The Kier molecular flexibility index (Phi) is 12.9. The summed E-state index contributed by atoms with van der Waals surface area (Å²) >= 11 is 12.3. The molecule has 266 valence electrons. The molecule has 0 radical (unpaired) electrons. The molecule has 4 atom stereocenters. The van der Waals surface area contributed by atoms with Crippen LogP contribution in [0.1, 0.15) is 99.4 Å². The number of carbonyl (C=O) groups excluding carboxylic acids is 3. The lowest BCUT2D eigenvalue weighted by Gasteiger charge is -2.47. The fourth-order valence-electron chi connectivity index (χ4n) is 5.65. The Labute approximate surface area is 297 Å². The lowest BCUT2D eigenvalue weighted by Crippen LogP contribution is -2.59. The van der Waals surface area contributed by atoms with Gasteiger partial charge in [0.2, 0.25) is 5.91 Å². The third-order valence-corrected chi connectivity index (χ3v) is 8.34. The highest BCUT2D eigenvalue weighted by Gasteiger charge is 2.41. The Morgan fingerprint density at radius 3 is 1.58 bits per heavy atom. The number of piperazine rings is 2. The van der Waals surface area contributed by atoms with Gasteiger partial charge in [0.15, 0.2) is 0 Å². The van der Waals surface area contributed by atoms with Gasteiger partial charge in [0.05, 0.1) is 12.1 Å². The summed E-state index contributed by atoms with van der Waals surface area (Å²) in [5.74, 6) is 0.0749. The van der Waals surface area contributed by atoms with Crippen molar-refractivity contribution in [3.05, 3.63) is 69.7 Å². The van der Waals surface area contributed by atoms with Gasteiger partial charge < -0.3 is 19.7 Å². The molecule has 3 amide bonds. The number of carbonyl (C=O) groups is 3. The molecule has 2 aliphatic heterocycles. The van der Waals surface area contributed by atoms with Gasteiger partial charge >= 0.3 is 12.2 Å². The average molecular weight is 706 g/mol. The molecule has 48 heavy (non-hydrogen) atoms. The maximum absolute atomic E-state index is 12.9. The first-order valence-corrected chi connectivity index (χ1v) is 17.4. The Morgan fingerprint density at radius 1 is 0.688 bits per heavy atom. The Bertz CT molecular complexity index is 1430. The van der Waals surface area contributed by atoms with E-state index in [0.29, 0.717) is 36.2 Å². The molecule has 1 N–H and O–H groups in total. The van der Waals surface area contributed by atoms with Crippen molar-refractivity contribution in [2.75, 3.05) is 26.2 Å². The zero-order valence-electron chi connectivity index (χ0n) is 30.4. The molecule has 4 rings (SSSR count). The molecule has 0 aliphatic carbocycles. The molecular weight excluding hydrogens is 651 g/mol. The van der Waals surface area contributed by atoms with Crippen molar-refractivity contribution in [1.82, 2.24) is 20.0 Å². The van der Waals surface area contributed by atoms with E-state index in [9.17, 15) is 14.4 Å². The van der Waals surface area contributed by atoms with Crippen molar-refractivity contribution in [3.63, 3.8) is 0 Å². The van der Waals surface area contributed by atoms with Gasteiger partial charge in [0.25, 0.3) is 0 Å². The Morgan fingerprint density at radius 2 is 1.15 bits per heavy atom. The summed E-state index contributed by atoms with van der Waals surface area (Å²) in [6, 6.07) is 14.9. The first kappa shape index (κ1) is 39.4. The van der Waals surface area contributed by atoms with Crippen LogP contribution in [-0.2, 0) is 14.3 Å². The van der Waals surface area contributed by atoms with Crippen molar-refractivity contribution in [1.29, 1.82) is 0 Å². The molecule has 0 bridgehead atoms. The van der Waals surface area contributed by atoms with Gasteiger partial charge in [-0.1, -0.05) is 68.2 Å². The van der Waals surface area contributed by atoms with Crippen LogP contribution in [0.15, 0.2) is 48.5 Å². The lowest BCUT2D eigenvalue weighted by molar-refractivity contribution is -0.145. The highest BCUT2D eigenvalue weighted by molar-refractivity contribution is 6.30. The van der Waals surface area contributed by atoms with E-state index in [-0.39, 0.29) is 42.3 Å². The zero-order valence-corrected chi connectivity index (χ0v) is 31.9. The highest BCUT2D eigenvalue weighted by atomic mass is 35.5. The molecular formula is C37H54Cl2N4O5. The van der Waals surface area contributed by atoms with Gasteiger partial charge in [0.1, 0.15) is 11.2 Å². The van der Waals surface area contributed by atoms with Gasteiger partial charge in [-0.05, 0) is 90.8 Å². The van der Waals surface area contributed by atoms with Crippen molar-refractivity contribution in [2.24, 2.45) is 5.41 Å². The minimum Gasteiger partial charge on any atom is -0.444 e. The van der Waals surface area contributed by atoms with Gasteiger partial charge in [-0.15, -0.1) is 0 Å². The Hall–Kier alpha value is -3.01. The highest BCUT2D eigenvalue weighted by Crippen LogP contribution is 2.33. The molecule has 0 aromatic heterocycles. The summed E-state index contributed by atoms with van der Waals surface area (Å²) in [7, 11) is 0. The third kappa shape index (κ3) is 11.3. The second kappa shape index (κ2) is 15.7. The van der Waals surface area contributed by atoms with E-state index in [2.05, 4.69) is 12.2 Å². The summed E-state index contributed by atoms with van der Waals surface area (Å²) in [4.78, 5) is 43.7. The molecule has 2 aromatic carbocycles. The SMILES string of the molecule is C[C@@H]1CN(C(=O)OC(C)(C)C)[C@@H](c2cccc(Cl)c2)CN1.C[C@@H]1CN(C(=O)OC(C)(C)C)[C@@H](c2cccc(Cl)c2)CN1C(=O)C(C)(C)C. The fourth-order valence-corrected chi connectivity index (χ4v) is 6.05. The fraction of sp³-hybridized carbons (Fsp3) is 0.595. The van der Waals surface area contributed by atoms with Crippen LogP contribution in [0.4, 0.5) is 9.59 Å². The van der Waals surface area contributed by atoms with Crippen LogP contribution in [0.3, 0.4) is 0 Å². The number of benzene rings is 2. The predicted octanol–water partition coefficient (Wildman–Crippen LogP) is 8.50. The quantitative estimate of drug-likeness (QED) is 0.337. The second-order valence-electron chi connectivity index (χ2n) is 15.8. The topological polar surface area (TPSA) is 91.4 Å². The molecule has 2 aliphatic rings. The van der Waals surface area contributed by atoms with Crippen molar-refractivity contribution in [3.8, 4) is 0 Å². The van der Waals surface area contributed by atoms with Crippen LogP contribution in [0, 0.1) is 5.41 Å². The van der Waals surface area contributed by atoms with Crippen molar-refractivity contribution < 1.29 is 23.9 Å². The van der Waals surface area contributed by atoms with Crippen molar-refractivity contribution >= 4 is 41.3 Å². The van der Waals surface area contributed by atoms with Crippen LogP contribution in [0.2, 0.25) is 10.0 Å². The van der Waals surface area contributed by atoms with Crippen LogP contribution in [0.25, 0.3) is 0 Å². The molecule has 2 heterocycles. The molecule has 0 spiro atoms. The summed E-state index contributed by atoms with van der Waals surface area (Å²) < 4.78 is 11.2. The smallest absolute Gasteiger partial charge is 0.410 e. The maximum atomic E-state index is 12.9. The molecule has 2 saturated heterocycles. The summed E-state index contributed by atoms with van der Waals surface area (Å²) in [6.45, 7) is 23.1. The molecule has 2 fully saturated rings. The second-order valence-corrected chi connectivity index (χ2v) is 16.6. The zero-order chi connectivity index (χ0) is 36.2.